The van der Waals surface area contributed by atoms with Crippen molar-refractivity contribution in [2.24, 2.45) is 5.92 Å². The standard InChI is InChI=1S/C20H27F3N2O4/c1-19(2,3)29-17(26)10-24-9-13-6-7-25(11-13)12-15-5-4-14(18(27)28)8-16(15)20(21,22)23/h4-5,8,13,24H,6-7,9-12H2,1-3H3,(H,27,28)/t13-/m0/s1. The lowest BCUT2D eigenvalue weighted by atomic mass is 10.0. The number of hydrogen-bond acceptors (Lipinski definition) is 5. The van der Waals surface area contributed by atoms with Gasteiger partial charge in [0.1, 0.15) is 5.60 Å². The summed E-state index contributed by atoms with van der Waals surface area (Å²) in [6.45, 7) is 7.35. The lowest BCUT2D eigenvalue weighted by molar-refractivity contribution is -0.153. The number of aromatic carboxylic acids is 1. The summed E-state index contributed by atoms with van der Waals surface area (Å²) in [6.07, 6.45) is -3.81. The van der Waals surface area contributed by atoms with Gasteiger partial charge in [0.25, 0.3) is 0 Å². The Kier molecular flexibility index (Phi) is 7.29. The second-order valence-electron chi connectivity index (χ2n) is 8.28. The molecule has 2 N–H and O–H groups in total. The molecule has 1 aliphatic heterocycles. The van der Waals surface area contributed by atoms with Gasteiger partial charge in [-0.05, 0) is 63.9 Å². The number of carbonyl (C=O) groups excluding carboxylic acids is 1. The Balaban J connectivity index is 1.90. The van der Waals surface area contributed by atoms with Crippen molar-refractivity contribution in [1.29, 1.82) is 0 Å². The van der Waals surface area contributed by atoms with Crippen molar-refractivity contribution in [1.82, 2.24) is 10.2 Å². The normalized spacial score (nSPS) is 18.1. The van der Waals surface area contributed by atoms with E-state index in [9.17, 15) is 22.8 Å². The van der Waals surface area contributed by atoms with Crippen LogP contribution < -0.4 is 5.32 Å². The predicted molar refractivity (Wildman–Crippen MR) is 101 cm³/mol. The Morgan fingerprint density at radius 3 is 2.55 bits per heavy atom. The Morgan fingerprint density at radius 2 is 1.97 bits per heavy atom. The molecular weight excluding hydrogens is 389 g/mol. The van der Waals surface area contributed by atoms with E-state index in [2.05, 4.69) is 5.32 Å². The molecule has 1 aliphatic rings. The minimum absolute atomic E-state index is 0.0601. The van der Waals surface area contributed by atoms with Crippen LogP contribution in [0.15, 0.2) is 18.2 Å². The van der Waals surface area contributed by atoms with Gasteiger partial charge in [-0.15, -0.1) is 0 Å². The number of halogens is 3. The Labute approximate surface area is 168 Å². The number of carboxylic acids is 1. The first-order valence-corrected chi connectivity index (χ1v) is 9.43. The van der Waals surface area contributed by atoms with Crippen LogP contribution >= 0.6 is 0 Å². The zero-order valence-electron chi connectivity index (χ0n) is 16.8. The molecule has 162 valence electrons. The van der Waals surface area contributed by atoms with Crippen LogP contribution in [0, 0.1) is 5.92 Å². The number of likely N-dealkylation sites (tertiary alicyclic amines) is 1. The van der Waals surface area contributed by atoms with Gasteiger partial charge in [0.2, 0.25) is 0 Å². The molecule has 0 aliphatic carbocycles. The second kappa shape index (κ2) is 9.13. The predicted octanol–water partition coefficient (Wildman–Crippen LogP) is 3.16. The fourth-order valence-corrected chi connectivity index (χ4v) is 3.33. The number of carbonyl (C=O) groups is 2. The van der Waals surface area contributed by atoms with Crippen LogP contribution in [-0.2, 0) is 22.3 Å². The molecule has 1 aromatic carbocycles. The average molecular weight is 416 g/mol. The van der Waals surface area contributed by atoms with Gasteiger partial charge in [0.15, 0.2) is 0 Å². The van der Waals surface area contributed by atoms with Crippen LogP contribution in [0.1, 0.15) is 48.7 Å². The number of ether oxygens (including phenoxy) is 1. The lowest BCUT2D eigenvalue weighted by Gasteiger charge is -2.21. The topological polar surface area (TPSA) is 78.9 Å². The Bertz CT molecular complexity index is 744. The van der Waals surface area contributed by atoms with Crippen molar-refractivity contribution < 1.29 is 32.6 Å². The second-order valence-corrected chi connectivity index (χ2v) is 8.28. The number of hydrogen-bond donors (Lipinski definition) is 2. The molecule has 2 rings (SSSR count). The first-order valence-electron chi connectivity index (χ1n) is 9.43. The van der Waals surface area contributed by atoms with E-state index in [-0.39, 0.29) is 36.1 Å². The smallest absolute Gasteiger partial charge is 0.416 e. The van der Waals surface area contributed by atoms with Crippen molar-refractivity contribution in [3.63, 3.8) is 0 Å². The van der Waals surface area contributed by atoms with Crippen molar-refractivity contribution in [3.8, 4) is 0 Å². The molecule has 1 heterocycles. The monoisotopic (exact) mass is 416 g/mol. The molecule has 0 aromatic heterocycles. The van der Waals surface area contributed by atoms with Gasteiger partial charge in [-0.2, -0.15) is 13.2 Å². The zero-order valence-corrected chi connectivity index (χ0v) is 16.8. The van der Waals surface area contributed by atoms with Crippen LogP contribution in [-0.4, -0.2) is 53.7 Å². The molecule has 0 unspecified atom stereocenters. The zero-order chi connectivity index (χ0) is 21.8. The molecule has 6 nitrogen and oxygen atoms in total. The molecule has 1 aromatic rings. The van der Waals surface area contributed by atoms with E-state index in [1.54, 1.807) is 20.8 Å². The Hall–Kier alpha value is -2.13. The molecule has 0 radical (unpaired) electrons. The van der Waals surface area contributed by atoms with E-state index in [0.29, 0.717) is 25.7 Å². The number of benzene rings is 1. The van der Waals surface area contributed by atoms with E-state index < -0.39 is 23.3 Å². The third-order valence-corrected chi connectivity index (χ3v) is 4.55. The number of carboxylic acid groups (broad SMARTS) is 1. The summed E-state index contributed by atoms with van der Waals surface area (Å²) < 4.78 is 45.2. The molecule has 0 saturated carbocycles. The highest BCUT2D eigenvalue weighted by molar-refractivity contribution is 5.88. The van der Waals surface area contributed by atoms with Crippen LogP contribution in [0.2, 0.25) is 0 Å². The fourth-order valence-electron chi connectivity index (χ4n) is 3.33. The highest BCUT2D eigenvalue weighted by atomic mass is 19.4. The fraction of sp³-hybridized carbons (Fsp3) is 0.600. The van der Waals surface area contributed by atoms with Crippen molar-refractivity contribution >= 4 is 11.9 Å². The van der Waals surface area contributed by atoms with E-state index in [0.717, 1.165) is 6.42 Å². The van der Waals surface area contributed by atoms with Crippen LogP contribution in [0.4, 0.5) is 13.2 Å². The van der Waals surface area contributed by atoms with Gasteiger partial charge >= 0.3 is 18.1 Å². The largest absolute Gasteiger partial charge is 0.478 e. The van der Waals surface area contributed by atoms with Crippen LogP contribution in [0.25, 0.3) is 0 Å². The highest BCUT2D eigenvalue weighted by Gasteiger charge is 2.35. The van der Waals surface area contributed by atoms with Gasteiger partial charge in [-0.1, -0.05) is 6.07 Å². The summed E-state index contributed by atoms with van der Waals surface area (Å²) in [4.78, 5) is 24.6. The van der Waals surface area contributed by atoms with Gasteiger partial charge in [0, 0.05) is 13.1 Å². The quantitative estimate of drug-likeness (QED) is 0.665. The van der Waals surface area contributed by atoms with Crippen molar-refractivity contribution in [3.05, 3.63) is 34.9 Å². The number of alkyl halides is 3. The minimum Gasteiger partial charge on any atom is -0.478 e. The van der Waals surface area contributed by atoms with Crippen LogP contribution in [0.5, 0.6) is 0 Å². The lowest BCUT2D eigenvalue weighted by Crippen LogP contribution is -2.34. The van der Waals surface area contributed by atoms with E-state index >= 15 is 0 Å². The molecule has 1 atom stereocenters. The molecule has 0 bridgehead atoms. The third-order valence-electron chi connectivity index (χ3n) is 4.55. The van der Waals surface area contributed by atoms with Crippen molar-refractivity contribution in [2.75, 3.05) is 26.2 Å². The summed E-state index contributed by atoms with van der Waals surface area (Å²) in [7, 11) is 0. The summed E-state index contributed by atoms with van der Waals surface area (Å²) in [5, 5.41) is 12.0. The number of nitrogens with one attached hydrogen (secondary N) is 1. The number of rotatable bonds is 7. The molecule has 9 heteroatoms. The summed E-state index contributed by atoms with van der Waals surface area (Å²) in [6, 6.07) is 3.12. The third kappa shape index (κ3) is 7.32. The molecule has 29 heavy (non-hydrogen) atoms. The SMILES string of the molecule is CC(C)(C)OC(=O)CNC[C@@H]1CCN(Cc2ccc(C(=O)O)cc2C(F)(F)F)C1. The van der Waals surface area contributed by atoms with Gasteiger partial charge in [-0.25, -0.2) is 4.79 Å². The Morgan fingerprint density at radius 1 is 1.28 bits per heavy atom. The first kappa shape index (κ1) is 23.2. The van der Waals surface area contributed by atoms with Crippen LogP contribution in [0.3, 0.4) is 0 Å². The summed E-state index contributed by atoms with van der Waals surface area (Å²) in [5.74, 6) is -1.52. The van der Waals surface area contributed by atoms with Gasteiger partial charge in [0.05, 0.1) is 17.7 Å². The summed E-state index contributed by atoms with van der Waals surface area (Å²) in [5.41, 5.74) is -1.78. The van der Waals surface area contributed by atoms with E-state index in [4.69, 9.17) is 9.84 Å². The molecular formula is C20H27F3N2O4. The maximum absolute atomic E-state index is 13.3. The average Bonchev–Trinajstić information content (AvgIpc) is 2.99. The maximum Gasteiger partial charge on any atom is 0.416 e. The minimum atomic E-state index is -4.62. The maximum atomic E-state index is 13.3. The van der Waals surface area contributed by atoms with Crippen molar-refractivity contribution in [2.45, 2.75) is 45.5 Å². The van der Waals surface area contributed by atoms with Gasteiger partial charge < -0.3 is 15.2 Å². The summed E-state index contributed by atoms with van der Waals surface area (Å²) >= 11 is 0. The van der Waals surface area contributed by atoms with E-state index in [1.807, 2.05) is 4.90 Å². The highest BCUT2D eigenvalue weighted by Crippen LogP contribution is 2.34. The number of esters is 1. The molecule has 0 amide bonds. The molecule has 1 saturated heterocycles. The van der Waals surface area contributed by atoms with Gasteiger partial charge in [-0.3, -0.25) is 9.69 Å². The first-order chi connectivity index (χ1) is 13.3. The molecule has 1 fully saturated rings. The molecule has 0 spiro atoms. The van der Waals surface area contributed by atoms with E-state index in [1.165, 1.54) is 12.1 Å². The number of nitrogens with zero attached hydrogens (tertiary/aromatic N) is 1.